The molecule has 6 heteroatoms. The van der Waals surface area contributed by atoms with E-state index in [9.17, 15) is 9.90 Å². The summed E-state index contributed by atoms with van der Waals surface area (Å²) in [6, 6.07) is 1.97. The zero-order chi connectivity index (χ0) is 13.6. The Balaban J connectivity index is 1.99. The molecule has 2 aromatic rings. The minimum Gasteiger partial charge on any atom is -0.481 e. The van der Waals surface area contributed by atoms with E-state index in [-0.39, 0.29) is 11.8 Å². The Morgan fingerprint density at radius 1 is 1.47 bits per heavy atom. The van der Waals surface area contributed by atoms with Crippen LogP contribution in [0.4, 0.5) is 5.82 Å². The Hall–Kier alpha value is -2.11. The van der Waals surface area contributed by atoms with Crippen LogP contribution >= 0.6 is 0 Å². The number of aromatic nitrogens is 3. The third-order valence-corrected chi connectivity index (χ3v) is 3.72. The molecule has 100 valence electrons. The molecule has 0 radical (unpaired) electrons. The third kappa shape index (κ3) is 1.93. The fourth-order valence-electron chi connectivity index (χ4n) is 2.74. The zero-order valence-electron chi connectivity index (χ0n) is 10.9. The van der Waals surface area contributed by atoms with Crippen LogP contribution in [0.3, 0.4) is 0 Å². The SMILES string of the molecule is Cc1cc2c(N3C[C@@H](C)[C@H](C(=O)O)C3)nccn2n1. The summed E-state index contributed by atoms with van der Waals surface area (Å²) in [4.78, 5) is 17.6. The van der Waals surface area contributed by atoms with Gasteiger partial charge in [0, 0.05) is 25.5 Å². The number of fused-ring (bicyclic) bond motifs is 1. The molecular formula is C13H16N4O2. The molecule has 1 N–H and O–H groups in total. The van der Waals surface area contributed by atoms with Crippen LogP contribution in [0.5, 0.6) is 0 Å². The molecule has 1 saturated heterocycles. The number of carboxylic acid groups (broad SMARTS) is 1. The fraction of sp³-hybridized carbons (Fsp3) is 0.462. The summed E-state index contributed by atoms with van der Waals surface area (Å²) in [6.45, 7) is 5.13. The van der Waals surface area contributed by atoms with Crippen LogP contribution in [0.2, 0.25) is 0 Å². The van der Waals surface area contributed by atoms with E-state index in [1.807, 2.05) is 24.8 Å². The molecule has 2 aromatic heterocycles. The standard InChI is InChI=1S/C13H16N4O2/c1-8-6-16(7-10(8)13(18)19)12-11-5-9(2)15-17(11)4-3-14-12/h3-5,8,10H,6-7H2,1-2H3,(H,18,19)/t8-,10-/m1/s1. The molecule has 1 aliphatic heterocycles. The Kier molecular flexibility index (Phi) is 2.66. The van der Waals surface area contributed by atoms with Gasteiger partial charge in [-0.05, 0) is 18.9 Å². The molecule has 6 nitrogen and oxygen atoms in total. The summed E-state index contributed by atoms with van der Waals surface area (Å²) >= 11 is 0. The summed E-state index contributed by atoms with van der Waals surface area (Å²) in [5, 5.41) is 13.6. The molecule has 0 unspecified atom stereocenters. The second-order valence-corrected chi connectivity index (χ2v) is 5.19. The first-order valence-corrected chi connectivity index (χ1v) is 6.35. The number of hydrogen-bond donors (Lipinski definition) is 1. The van der Waals surface area contributed by atoms with Crippen LogP contribution in [-0.4, -0.2) is 38.8 Å². The van der Waals surface area contributed by atoms with Gasteiger partial charge < -0.3 is 10.0 Å². The molecule has 0 amide bonds. The van der Waals surface area contributed by atoms with Gasteiger partial charge in [-0.15, -0.1) is 0 Å². The van der Waals surface area contributed by atoms with Crippen LogP contribution in [0, 0.1) is 18.8 Å². The van der Waals surface area contributed by atoms with Crippen LogP contribution in [0.25, 0.3) is 5.52 Å². The number of aliphatic carboxylic acids is 1. The predicted molar refractivity (Wildman–Crippen MR) is 70.2 cm³/mol. The van der Waals surface area contributed by atoms with Crippen molar-refractivity contribution in [2.75, 3.05) is 18.0 Å². The van der Waals surface area contributed by atoms with E-state index in [1.54, 1.807) is 16.9 Å². The van der Waals surface area contributed by atoms with E-state index < -0.39 is 5.97 Å². The van der Waals surface area contributed by atoms with Gasteiger partial charge in [0.25, 0.3) is 0 Å². The van der Waals surface area contributed by atoms with Gasteiger partial charge in [-0.1, -0.05) is 6.92 Å². The molecule has 0 aromatic carbocycles. The highest BCUT2D eigenvalue weighted by atomic mass is 16.4. The van der Waals surface area contributed by atoms with E-state index in [0.717, 1.165) is 17.0 Å². The van der Waals surface area contributed by atoms with Gasteiger partial charge in [0.15, 0.2) is 5.82 Å². The first kappa shape index (κ1) is 12.0. The van der Waals surface area contributed by atoms with Crippen LogP contribution < -0.4 is 4.90 Å². The molecule has 0 aliphatic carbocycles. The van der Waals surface area contributed by atoms with E-state index in [1.165, 1.54) is 0 Å². The average Bonchev–Trinajstić information content (AvgIpc) is 2.90. The maximum Gasteiger partial charge on any atom is 0.308 e. The minimum atomic E-state index is -0.730. The van der Waals surface area contributed by atoms with Crippen molar-refractivity contribution in [3.63, 3.8) is 0 Å². The molecule has 0 spiro atoms. The summed E-state index contributed by atoms with van der Waals surface area (Å²) < 4.78 is 1.79. The summed E-state index contributed by atoms with van der Waals surface area (Å²) in [5.41, 5.74) is 1.86. The van der Waals surface area contributed by atoms with Crippen molar-refractivity contribution < 1.29 is 9.90 Å². The lowest BCUT2D eigenvalue weighted by molar-refractivity contribution is -0.142. The Labute approximate surface area is 110 Å². The van der Waals surface area contributed by atoms with Crippen molar-refractivity contribution in [2.24, 2.45) is 11.8 Å². The van der Waals surface area contributed by atoms with Gasteiger partial charge in [-0.25, -0.2) is 9.50 Å². The lowest BCUT2D eigenvalue weighted by Crippen LogP contribution is -2.24. The van der Waals surface area contributed by atoms with Crippen molar-refractivity contribution in [3.8, 4) is 0 Å². The first-order chi connectivity index (χ1) is 9.06. The highest BCUT2D eigenvalue weighted by molar-refractivity contribution is 5.75. The monoisotopic (exact) mass is 260 g/mol. The van der Waals surface area contributed by atoms with E-state index in [4.69, 9.17) is 0 Å². The van der Waals surface area contributed by atoms with Gasteiger partial charge in [0.1, 0.15) is 5.52 Å². The summed E-state index contributed by atoms with van der Waals surface area (Å²) in [6.07, 6.45) is 3.51. The van der Waals surface area contributed by atoms with Crippen molar-refractivity contribution in [1.82, 2.24) is 14.6 Å². The lowest BCUT2D eigenvalue weighted by Gasteiger charge is -2.17. The number of carboxylic acids is 1. The molecule has 2 atom stereocenters. The van der Waals surface area contributed by atoms with Crippen molar-refractivity contribution in [1.29, 1.82) is 0 Å². The predicted octanol–water partition coefficient (Wildman–Crippen LogP) is 1.19. The van der Waals surface area contributed by atoms with Crippen molar-refractivity contribution >= 4 is 17.3 Å². The third-order valence-electron chi connectivity index (χ3n) is 3.72. The van der Waals surface area contributed by atoms with Crippen molar-refractivity contribution in [3.05, 3.63) is 24.2 Å². The fourth-order valence-corrected chi connectivity index (χ4v) is 2.74. The molecule has 0 saturated carbocycles. The van der Waals surface area contributed by atoms with Crippen LogP contribution in [-0.2, 0) is 4.79 Å². The second kappa shape index (κ2) is 4.22. The number of nitrogens with zero attached hydrogens (tertiary/aromatic N) is 4. The smallest absolute Gasteiger partial charge is 0.308 e. The Morgan fingerprint density at radius 2 is 2.26 bits per heavy atom. The lowest BCUT2D eigenvalue weighted by atomic mass is 9.99. The Bertz CT molecular complexity index is 637. The van der Waals surface area contributed by atoms with E-state index in [2.05, 4.69) is 10.1 Å². The highest BCUT2D eigenvalue weighted by Gasteiger charge is 2.36. The number of anilines is 1. The quantitative estimate of drug-likeness (QED) is 0.878. The molecule has 19 heavy (non-hydrogen) atoms. The molecule has 1 fully saturated rings. The zero-order valence-corrected chi connectivity index (χ0v) is 10.9. The molecule has 1 aliphatic rings. The highest BCUT2D eigenvalue weighted by Crippen LogP contribution is 2.29. The molecule has 0 bridgehead atoms. The number of carbonyl (C=O) groups is 1. The summed E-state index contributed by atoms with van der Waals surface area (Å²) in [5.74, 6) is -0.111. The summed E-state index contributed by atoms with van der Waals surface area (Å²) in [7, 11) is 0. The van der Waals surface area contributed by atoms with Gasteiger partial charge in [-0.3, -0.25) is 4.79 Å². The van der Waals surface area contributed by atoms with Crippen molar-refractivity contribution in [2.45, 2.75) is 13.8 Å². The molecule has 3 rings (SSSR count). The first-order valence-electron chi connectivity index (χ1n) is 6.35. The maximum atomic E-state index is 11.2. The van der Waals surface area contributed by atoms with E-state index >= 15 is 0 Å². The maximum absolute atomic E-state index is 11.2. The number of aryl methyl sites for hydroxylation is 1. The molecular weight excluding hydrogens is 244 g/mol. The van der Waals surface area contributed by atoms with Gasteiger partial charge in [-0.2, -0.15) is 5.10 Å². The largest absolute Gasteiger partial charge is 0.481 e. The molecule has 3 heterocycles. The van der Waals surface area contributed by atoms with Gasteiger partial charge >= 0.3 is 5.97 Å². The van der Waals surface area contributed by atoms with Gasteiger partial charge in [0.05, 0.1) is 11.6 Å². The normalized spacial score (nSPS) is 23.2. The number of hydrogen-bond acceptors (Lipinski definition) is 4. The minimum absolute atomic E-state index is 0.128. The van der Waals surface area contributed by atoms with E-state index in [0.29, 0.717) is 13.1 Å². The van der Waals surface area contributed by atoms with Gasteiger partial charge in [0.2, 0.25) is 0 Å². The topological polar surface area (TPSA) is 70.7 Å². The number of rotatable bonds is 2. The second-order valence-electron chi connectivity index (χ2n) is 5.19. The Morgan fingerprint density at radius 3 is 2.95 bits per heavy atom. The van der Waals surface area contributed by atoms with Crippen LogP contribution in [0.1, 0.15) is 12.6 Å². The average molecular weight is 260 g/mol. The van der Waals surface area contributed by atoms with Crippen LogP contribution in [0.15, 0.2) is 18.5 Å².